The molecule has 0 aromatic heterocycles. The zero-order chi connectivity index (χ0) is 15.8. The van der Waals surface area contributed by atoms with Gasteiger partial charge in [0.15, 0.2) is 11.5 Å². The number of rotatable bonds is 4. The van der Waals surface area contributed by atoms with E-state index in [1.165, 1.54) is 19.3 Å². The lowest BCUT2D eigenvalue weighted by Crippen LogP contribution is -2.32. The van der Waals surface area contributed by atoms with Crippen molar-refractivity contribution in [3.05, 3.63) is 29.8 Å². The van der Waals surface area contributed by atoms with Crippen LogP contribution in [-0.2, 0) is 4.79 Å². The summed E-state index contributed by atoms with van der Waals surface area (Å²) < 4.78 is 10.5. The van der Waals surface area contributed by atoms with Crippen LogP contribution in [0.2, 0.25) is 0 Å². The summed E-state index contributed by atoms with van der Waals surface area (Å²) in [4.78, 5) is 14.3. The van der Waals surface area contributed by atoms with Crippen LogP contribution in [0, 0.1) is 0 Å². The van der Waals surface area contributed by atoms with E-state index in [4.69, 9.17) is 9.47 Å². The van der Waals surface area contributed by atoms with E-state index in [0.29, 0.717) is 11.5 Å². The molecule has 1 fully saturated rings. The first-order valence-corrected chi connectivity index (χ1v) is 7.93. The van der Waals surface area contributed by atoms with Crippen molar-refractivity contribution < 1.29 is 14.3 Å². The summed E-state index contributed by atoms with van der Waals surface area (Å²) in [5.41, 5.74) is 0.929. The van der Waals surface area contributed by atoms with Gasteiger partial charge in [-0.15, -0.1) is 0 Å². The topological polar surface area (TPSA) is 38.8 Å². The van der Waals surface area contributed by atoms with E-state index in [2.05, 4.69) is 0 Å². The monoisotopic (exact) mass is 303 g/mol. The number of benzene rings is 1. The number of nitrogens with zero attached hydrogens (tertiary/aromatic N) is 1. The van der Waals surface area contributed by atoms with Crippen molar-refractivity contribution in [3.63, 3.8) is 0 Å². The van der Waals surface area contributed by atoms with E-state index >= 15 is 0 Å². The van der Waals surface area contributed by atoms with E-state index in [1.54, 1.807) is 20.3 Å². The Bertz CT molecular complexity index is 517. The Balaban J connectivity index is 2.02. The quantitative estimate of drug-likeness (QED) is 0.799. The van der Waals surface area contributed by atoms with Crippen LogP contribution < -0.4 is 9.47 Å². The van der Waals surface area contributed by atoms with Crippen molar-refractivity contribution in [2.24, 2.45) is 0 Å². The second kappa shape index (κ2) is 8.47. The van der Waals surface area contributed by atoms with Crippen molar-refractivity contribution in [1.29, 1.82) is 0 Å². The molecule has 22 heavy (non-hydrogen) atoms. The predicted octanol–water partition coefficient (Wildman–Crippen LogP) is 3.51. The largest absolute Gasteiger partial charge is 0.493 e. The lowest BCUT2D eigenvalue weighted by molar-refractivity contribution is -0.126. The molecule has 0 unspecified atom stereocenters. The number of hydrogen-bond acceptors (Lipinski definition) is 3. The lowest BCUT2D eigenvalue weighted by atomic mass is 10.1. The smallest absolute Gasteiger partial charge is 0.246 e. The van der Waals surface area contributed by atoms with Gasteiger partial charge in [-0.3, -0.25) is 4.79 Å². The second-order valence-electron chi connectivity index (χ2n) is 5.54. The molecule has 0 saturated carbocycles. The first-order valence-electron chi connectivity index (χ1n) is 7.93. The molecule has 0 spiro atoms. The number of carbonyl (C=O) groups excluding carboxylic acids is 1. The Morgan fingerprint density at radius 2 is 1.64 bits per heavy atom. The Morgan fingerprint density at radius 3 is 2.27 bits per heavy atom. The van der Waals surface area contributed by atoms with Crippen LogP contribution in [0.3, 0.4) is 0 Å². The molecule has 1 amide bonds. The molecule has 0 atom stereocenters. The zero-order valence-corrected chi connectivity index (χ0v) is 13.5. The van der Waals surface area contributed by atoms with Gasteiger partial charge in [-0.1, -0.05) is 25.3 Å². The molecule has 1 saturated heterocycles. The molecule has 0 N–H and O–H groups in total. The highest BCUT2D eigenvalue weighted by Crippen LogP contribution is 2.28. The first kappa shape index (κ1) is 16.4. The van der Waals surface area contributed by atoms with Crippen LogP contribution in [0.1, 0.15) is 37.7 Å². The van der Waals surface area contributed by atoms with E-state index in [0.717, 1.165) is 31.5 Å². The van der Waals surface area contributed by atoms with Crippen molar-refractivity contribution in [1.82, 2.24) is 4.90 Å². The molecule has 1 aliphatic rings. The minimum Gasteiger partial charge on any atom is -0.493 e. The third-order valence-electron chi connectivity index (χ3n) is 3.99. The second-order valence-corrected chi connectivity index (χ2v) is 5.54. The van der Waals surface area contributed by atoms with Gasteiger partial charge in [0.1, 0.15) is 0 Å². The molecule has 0 radical (unpaired) electrons. The number of amides is 1. The molecular weight excluding hydrogens is 278 g/mol. The molecular formula is C18H25NO3. The molecule has 4 heteroatoms. The minimum absolute atomic E-state index is 0.0942. The van der Waals surface area contributed by atoms with Gasteiger partial charge in [0.25, 0.3) is 0 Å². The molecule has 2 rings (SSSR count). The van der Waals surface area contributed by atoms with Crippen molar-refractivity contribution >= 4 is 12.0 Å². The van der Waals surface area contributed by atoms with Crippen LogP contribution >= 0.6 is 0 Å². The molecule has 120 valence electrons. The fourth-order valence-corrected chi connectivity index (χ4v) is 2.70. The van der Waals surface area contributed by atoms with Crippen LogP contribution in [0.5, 0.6) is 11.5 Å². The fourth-order valence-electron chi connectivity index (χ4n) is 2.70. The highest BCUT2D eigenvalue weighted by atomic mass is 16.5. The van der Waals surface area contributed by atoms with E-state index in [9.17, 15) is 4.79 Å². The molecule has 4 nitrogen and oxygen atoms in total. The maximum absolute atomic E-state index is 12.3. The summed E-state index contributed by atoms with van der Waals surface area (Å²) in [5.74, 6) is 1.45. The highest BCUT2D eigenvalue weighted by molar-refractivity contribution is 5.91. The Hall–Kier alpha value is -1.97. The number of ether oxygens (including phenoxy) is 2. The average molecular weight is 303 g/mol. The van der Waals surface area contributed by atoms with E-state index < -0.39 is 0 Å². The SMILES string of the molecule is COc1ccc(C=CC(=O)N2CCCCCCC2)cc1OC. The van der Waals surface area contributed by atoms with Crippen LogP contribution in [-0.4, -0.2) is 38.1 Å². The zero-order valence-electron chi connectivity index (χ0n) is 13.5. The van der Waals surface area contributed by atoms with Gasteiger partial charge in [0.2, 0.25) is 5.91 Å². The molecule has 0 aliphatic carbocycles. The van der Waals surface area contributed by atoms with Gasteiger partial charge in [-0.2, -0.15) is 0 Å². The van der Waals surface area contributed by atoms with Crippen molar-refractivity contribution in [2.75, 3.05) is 27.3 Å². The third kappa shape index (κ3) is 4.52. The Labute approximate surface area is 132 Å². The summed E-state index contributed by atoms with van der Waals surface area (Å²) in [6.45, 7) is 1.74. The van der Waals surface area contributed by atoms with Gasteiger partial charge in [0, 0.05) is 19.2 Å². The number of likely N-dealkylation sites (tertiary alicyclic amines) is 1. The minimum atomic E-state index is 0.0942. The van der Waals surface area contributed by atoms with E-state index in [1.807, 2.05) is 29.2 Å². The summed E-state index contributed by atoms with van der Waals surface area (Å²) in [7, 11) is 3.22. The van der Waals surface area contributed by atoms with Crippen molar-refractivity contribution in [3.8, 4) is 11.5 Å². The van der Waals surface area contributed by atoms with Gasteiger partial charge >= 0.3 is 0 Å². The summed E-state index contributed by atoms with van der Waals surface area (Å²) in [6, 6.07) is 5.63. The van der Waals surface area contributed by atoms with Gasteiger partial charge in [0.05, 0.1) is 14.2 Å². The number of hydrogen-bond donors (Lipinski definition) is 0. The van der Waals surface area contributed by atoms with Gasteiger partial charge in [-0.05, 0) is 36.6 Å². The standard InChI is InChI=1S/C18H25NO3/c1-21-16-10-8-15(14-17(16)22-2)9-11-18(20)19-12-6-4-3-5-7-13-19/h8-11,14H,3-7,12-13H2,1-2H3. The lowest BCUT2D eigenvalue weighted by Gasteiger charge is -2.23. The van der Waals surface area contributed by atoms with Crippen molar-refractivity contribution in [2.45, 2.75) is 32.1 Å². The van der Waals surface area contributed by atoms with Crippen LogP contribution in [0.4, 0.5) is 0 Å². The molecule has 1 aliphatic heterocycles. The highest BCUT2D eigenvalue weighted by Gasteiger charge is 2.12. The van der Waals surface area contributed by atoms with Crippen LogP contribution in [0.15, 0.2) is 24.3 Å². The number of carbonyl (C=O) groups is 1. The Morgan fingerprint density at radius 1 is 1.00 bits per heavy atom. The molecule has 1 aromatic rings. The Kier molecular flexibility index (Phi) is 6.31. The third-order valence-corrected chi connectivity index (χ3v) is 3.99. The molecule has 1 aromatic carbocycles. The number of methoxy groups -OCH3 is 2. The first-order chi connectivity index (χ1) is 10.7. The van der Waals surface area contributed by atoms with Gasteiger partial charge < -0.3 is 14.4 Å². The molecule has 1 heterocycles. The average Bonchev–Trinajstić information content (AvgIpc) is 2.52. The predicted molar refractivity (Wildman–Crippen MR) is 88.2 cm³/mol. The molecule has 0 bridgehead atoms. The fraction of sp³-hybridized carbons (Fsp3) is 0.500. The maximum Gasteiger partial charge on any atom is 0.246 e. The van der Waals surface area contributed by atoms with Gasteiger partial charge in [-0.25, -0.2) is 0 Å². The summed E-state index contributed by atoms with van der Waals surface area (Å²) in [5, 5.41) is 0. The van der Waals surface area contributed by atoms with Crippen LogP contribution in [0.25, 0.3) is 6.08 Å². The maximum atomic E-state index is 12.3. The normalized spacial score (nSPS) is 16.2. The summed E-state index contributed by atoms with van der Waals surface area (Å²) >= 11 is 0. The summed E-state index contributed by atoms with van der Waals surface area (Å²) in [6.07, 6.45) is 9.45. The van der Waals surface area contributed by atoms with E-state index in [-0.39, 0.29) is 5.91 Å².